The molecule has 144 valence electrons. The Morgan fingerprint density at radius 2 is 1.76 bits per heavy atom. The highest BCUT2D eigenvalue weighted by molar-refractivity contribution is 6.04. The second kappa shape index (κ2) is 7.08. The fourth-order valence-corrected chi connectivity index (χ4v) is 4.02. The Morgan fingerprint density at radius 3 is 2.45 bits per heavy atom. The molecule has 0 aliphatic heterocycles. The Kier molecular flexibility index (Phi) is 4.57. The maximum absolute atomic E-state index is 11.4. The monoisotopic (exact) mass is 384 g/mol. The molecule has 4 heteroatoms. The molecule has 0 saturated carbocycles. The third kappa shape index (κ3) is 3.04. The van der Waals surface area contributed by atoms with Crippen molar-refractivity contribution in [1.29, 1.82) is 0 Å². The zero-order valence-electron chi connectivity index (χ0n) is 16.4. The lowest BCUT2D eigenvalue weighted by atomic mass is 9.84. The first-order valence-corrected chi connectivity index (χ1v) is 9.33. The molecular formula is C25H20O4. The normalized spacial score (nSPS) is 15.1. The van der Waals surface area contributed by atoms with Crippen molar-refractivity contribution in [2.75, 3.05) is 7.11 Å². The highest BCUT2D eigenvalue weighted by Crippen LogP contribution is 2.37. The van der Waals surface area contributed by atoms with E-state index < -0.39 is 11.9 Å². The minimum absolute atomic E-state index is 0.165. The van der Waals surface area contributed by atoms with Crippen molar-refractivity contribution < 1.29 is 19.4 Å². The molecule has 0 amide bonds. The molecule has 0 aromatic heterocycles. The summed E-state index contributed by atoms with van der Waals surface area (Å²) in [4.78, 5) is 22.8. The molecule has 1 aliphatic rings. The number of aryl methyl sites for hydroxylation is 2. The van der Waals surface area contributed by atoms with Gasteiger partial charge in [-0.3, -0.25) is 4.79 Å². The number of hydrogen-bond acceptors (Lipinski definition) is 3. The van der Waals surface area contributed by atoms with E-state index in [1.165, 1.54) is 6.08 Å². The number of hydrogen-bond donors (Lipinski definition) is 1. The molecule has 1 N–H and O–H groups in total. The number of carbonyl (C=O) groups excluding carboxylic acids is 1. The van der Waals surface area contributed by atoms with Crippen LogP contribution >= 0.6 is 0 Å². The van der Waals surface area contributed by atoms with E-state index >= 15 is 0 Å². The number of ether oxygens (including phenoxy) is 1. The number of carboxylic acids is 1. The largest absolute Gasteiger partial charge is 0.496 e. The van der Waals surface area contributed by atoms with Gasteiger partial charge >= 0.3 is 5.97 Å². The topological polar surface area (TPSA) is 63.6 Å². The smallest absolute Gasteiger partial charge is 0.315 e. The SMILES string of the molecule is COc1cc(C)c2cc(-c3ccc4c(c3)C=CC(C(=O)O)C4=C=O)ccc2c1C. The van der Waals surface area contributed by atoms with Gasteiger partial charge in [0.1, 0.15) is 17.6 Å². The third-order valence-corrected chi connectivity index (χ3v) is 5.62. The van der Waals surface area contributed by atoms with Crippen LogP contribution in [0.5, 0.6) is 5.75 Å². The standard InChI is InChI=1S/C25H20O4/c1-14-10-24(29-3)15(2)19-7-4-17(12-22(14)19)16-5-8-20-18(11-16)6-9-21(25(27)28)23(20)13-26/h4-12,21H,1-3H3,(H,27,28). The first kappa shape index (κ1) is 18.7. The Labute approximate surface area is 168 Å². The van der Waals surface area contributed by atoms with Crippen LogP contribution in [0, 0.1) is 19.8 Å². The molecule has 1 unspecified atom stereocenters. The molecule has 4 nitrogen and oxygen atoms in total. The summed E-state index contributed by atoms with van der Waals surface area (Å²) in [5.41, 5.74) is 5.91. The fraction of sp³-hybridized carbons (Fsp3) is 0.160. The van der Waals surface area contributed by atoms with Gasteiger partial charge in [-0.05, 0) is 76.2 Å². The van der Waals surface area contributed by atoms with E-state index in [2.05, 4.69) is 32.0 Å². The minimum atomic E-state index is -1.05. The van der Waals surface area contributed by atoms with Gasteiger partial charge in [0.15, 0.2) is 0 Å². The minimum Gasteiger partial charge on any atom is -0.496 e. The summed E-state index contributed by atoms with van der Waals surface area (Å²) in [7, 11) is 1.68. The maximum Gasteiger partial charge on any atom is 0.315 e. The second-order valence-electron chi connectivity index (χ2n) is 7.27. The van der Waals surface area contributed by atoms with Crippen LogP contribution in [0.3, 0.4) is 0 Å². The quantitative estimate of drug-likeness (QED) is 0.640. The molecule has 0 spiro atoms. The number of carboxylic acid groups (broad SMARTS) is 1. The van der Waals surface area contributed by atoms with Crippen LogP contribution in [0.15, 0.2) is 48.5 Å². The second-order valence-corrected chi connectivity index (χ2v) is 7.27. The van der Waals surface area contributed by atoms with Crippen LogP contribution in [0.2, 0.25) is 0 Å². The van der Waals surface area contributed by atoms with Crippen LogP contribution in [0.4, 0.5) is 0 Å². The lowest BCUT2D eigenvalue weighted by Crippen LogP contribution is -2.16. The van der Waals surface area contributed by atoms with Gasteiger partial charge in [-0.2, -0.15) is 0 Å². The first-order chi connectivity index (χ1) is 13.9. The van der Waals surface area contributed by atoms with E-state index in [0.29, 0.717) is 5.56 Å². The van der Waals surface area contributed by atoms with Crippen molar-refractivity contribution in [2.45, 2.75) is 13.8 Å². The number of carbonyl (C=O) groups is 1. The van der Waals surface area contributed by atoms with E-state index in [9.17, 15) is 14.7 Å². The van der Waals surface area contributed by atoms with Gasteiger partial charge < -0.3 is 9.84 Å². The van der Waals surface area contributed by atoms with Gasteiger partial charge in [0, 0.05) is 0 Å². The molecule has 0 radical (unpaired) electrons. The molecule has 29 heavy (non-hydrogen) atoms. The molecular weight excluding hydrogens is 364 g/mol. The van der Waals surface area contributed by atoms with Gasteiger partial charge in [0.05, 0.1) is 12.7 Å². The van der Waals surface area contributed by atoms with Gasteiger partial charge in [-0.15, -0.1) is 0 Å². The molecule has 1 aliphatic carbocycles. The predicted molar refractivity (Wildman–Crippen MR) is 115 cm³/mol. The summed E-state index contributed by atoms with van der Waals surface area (Å²) in [6.45, 7) is 4.12. The number of benzene rings is 3. The molecule has 0 fully saturated rings. The highest BCUT2D eigenvalue weighted by atomic mass is 16.5. The fourth-order valence-electron chi connectivity index (χ4n) is 4.02. The van der Waals surface area contributed by atoms with E-state index in [1.54, 1.807) is 19.3 Å². The van der Waals surface area contributed by atoms with Crippen molar-refractivity contribution in [3.63, 3.8) is 0 Å². The van der Waals surface area contributed by atoms with Crippen LogP contribution in [-0.4, -0.2) is 24.1 Å². The van der Waals surface area contributed by atoms with Crippen molar-refractivity contribution >= 4 is 34.3 Å². The Hall–Kier alpha value is -3.62. The molecule has 1 atom stereocenters. The molecule has 0 bridgehead atoms. The van der Waals surface area contributed by atoms with E-state index in [0.717, 1.165) is 44.3 Å². The maximum atomic E-state index is 11.4. The van der Waals surface area contributed by atoms with Crippen molar-refractivity contribution in [3.05, 3.63) is 70.8 Å². The molecule has 3 aromatic rings. The van der Waals surface area contributed by atoms with Crippen LogP contribution < -0.4 is 4.74 Å². The Balaban J connectivity index is 1.83. The van der Waals surface area contributed by atoms with E-state index in [-0.39, 0.29) is 5.57 Å². The first-order valence-electron chi connectivity index (χ1n) is 9.33. The highest BCUT2D eigenvalue weighted by Gasteiger charge is 2.27. The van der Waals surface area contributed by atoms with Crippen molar-refractivity contribution in [3.8, 4) is 16.9 Å². The van der Waals surface area contributed by atoms with E-state index in [1.807, 2.05) is 24.1 Å². The van der Waals surface area contributed by atoms with Crippen molar-refractivity contribution in [2.24, 2.45) is 5.92 Å². The zero-order chi connectivity index (χ0) is 20.7. The lowest BCUT2D eigenvalue weighted by Gasteiger charge is -2.18. The number of fused-ring (bicyclic) bond motifs is 2. The summed E-state index contributed by atoms with van der Waals surface area (Å²) in [6, 6.07) is 14.1. The summed E-state index contributed by atoms with van der Waals surface area (Å²) in [6.07, 6.45) is 3.30. The predicted octanol–water partition coefficient (Wildman–Crippen LogP) is 5.07. The summed E-state index contributed by atoms with van der Waals surface area (Å²) < 4.78 is 5.47. The van der Waals surface area contributed by atoms with Gasteiger partial charge in [0.25, 0.3) is 0 Å². The summed E-state index contributed by atoms with van der Waals surface area (Å²) in [5.74, 6) is 0.697. The van der Waals surface area contributed by atoms with Crippen LogP contribution in [-0.2, 0) is 9.59 Å². The van der Waals surface area contributed by atoms with E-state index in [4.69, 9.17) is 4.74 Å². The average molecular weight is 384 g/mol. The zero-order valence-corrected chi connectivity index (χ0v) is 16.4. The van der Waals surface area contributed by atoms with Crippen LogP contribution in [0.1, 0.15) is 22.3 Å². The van der Waals surface area contributed by atoms with Crippen LogP contribution in [0.25, 0.3) is 33.5 Å². The van der Waals surface area contributed by atoms with Crippen molar-refractivity contribution in [1.82, 2.24) is 0 Å². The molecule has 0 heterocycles. The lowest BCUT2D eigenvalue weighted by molar-refractivity contribution is -0.138. The summed E-state index contributed by atoms with van der Waals surface area (Å²) >= 11 is 0. The summed E-state index contributed by atoms with van der Waals surface area (Å²) in [5, 5.41) is 11.6. The van der Waals surface area contributed by atoms with Gasteiger partial charge in [-0.1, -0.05) is 36.4 Å². The molecule has 0 saturated heterocycles. The number of methoxy groups -OCH3 is 1. The number of rotatable bonds is 3. The molecule has 4 rings (SSSR count). The number of aliphatic carboxylic acids is 1. The van der Waals surface area contributed by atoms with Gasteiger partial charge in [0.2, 0.25) is 0 Å². The molecule has 3 aromatic carbocycles. The Bertz CT molecular complexity index is 1240. The van der Waals surface area contributed by atoms with Gasteiger partial charge in [-0.25, -0.2) is 4.79 Å². The average Bonchev–Trinajstić information content (AvgIpc) is 2.74. The third-order valence-electron chi connectivity index (χ3n) is 5.62. The Morgan fingerprint density at radius 1 is 1.03 bits per heavy atom.